The van der Waals surface area contributed by atoms with Gasteiger partial charge >= 0.3 is 5.97 Å². The van der Waals surface area contributed by atoms with Gasteiger partial charge in [0.15, 0.2) is 11.5 Å². The lowest BCUT2D eigenvalue weighted by molar-refractivity contribution is -0.143. The van der Waals surface area contributed by atoms with Gasteiger partial charge in [-0.3, -0.25) is 14.5 Å². The number of fused-ring (bicyclic) bond motifs is 2. The molecule has 0 spiro atoms. The van der Waals surface area contributed by atoms with E-state index in [0.29, 0.717) is 45.6 Å². The van der Waals surface area contributed by atoms with Gasteiger partial charge in [0, 0.05) is 38.0 Å². The number of aliphatic carboxylic acids is 1. The van der Waals surface area contributed by atoms with Crippen LogP contribution >= 0.6 is 0 Å². The zero-order valence-corrected chi connectivity index (χ0v) is 24.1. The number of hydrogen-bond acceptors (Lipinski definition) is 7. The van der Waals surface area contributed by atoms with Crippen molar-refractivity contribution in [2.75, 3.05) is 46.1 Å². The Morgan fingerprint density at radius 3 is 2.73 bits per heavy atom. The van der Waals surface area contributed by atoms with Crippen LogP contribution in [0.4, 0.5) is 0 Å². The lowest BCUT2D eigenvalue weighted by Gasteiger charge is -2.30. The standard InChI is InChI=1S/C32H43N3O6/c1-2-3-15-34(16-5-4-14-33)29(36)20-35-19-25(23-10-12-27-24(18-23)13-17-39-27)30(32(37)38)26(35)11-9-22-7-6-8-28-31(22)41-21-40-28/h6-8,10,12,18,25-26,30H,2-5,9,11,13-17,19-21,33H2,1H3,(H,37,38). The van der Waals surface area contributed by atoms with Crippen LogP contribution in [0.1, 0.15) is 61.6 Å². The number of para-hydroxylation sites is 1. The van der Waals surface area contributed by atoms with Crippen molar-refractivity contribution in [3.63, 3.8) is 0 Å². The summed E-state index contributed by atoms with van der Waals surface area (Å²) < 4.78 is 17.0. The van der Waals surface area contributed by atoms with Gasteiger partial charge < -0.3 is 30.0 Å². The van der Waals surface area contributed by atoms with E-state index in [9.17, 15) is 14.7 Å². The molecule has 41 heavy (non-hydrogen) atoms. The topological polar surface area (TPSA) is 115 Å². The summed E-state index contributed by atoms with van der Waals surface area (Å²) in [5.74, 6) is 0.711. The van der Waals surface area contributed by atoms with Gasteiger partial charge in [-0.05, 0) is 67.5 Å². The highest BCUT2D eigenvalue weighted by atomic mass is 16.7. The minimum atomic E-state index is -0.824. The van der Waals surface area contributed by atoms with Crippen LogP contribution in [0.15, 0.2) is 36.4 Å². The number of aryl methyl sites for hydroxylation is 1. The molecule has 9 heteroatoms. The van der Waals surface area contributed by atoms with Crippen molar-refractivity contribution in [3.8, 4) is 17.2 Å². The smallest absolute Gasteiger partial charge is 0.308 e. The molecule has 0 saturated carbocycles. The van der Waals surface area contributed by atoms with Gasteiger partial charge in [0.25, 0.3) is 0 Å². The average molecular weight is 566 g/mol. The van der Waals surface area contributed by atoms with E-state index < -0.39 is 11.9 Å². The van der Waals surface area contributed by atoms with Crippen LogP contribution in [0.5, 0.6) is 17.2 Å². The van der Waals surface area contributed by atoms with Gasteiger partial charge in [-0.25, -0.2) is 0 Å². The van der Waals surface area contributed by atoms with E-state index in [0.717, 1.165) is 66.0 Å². The number of carboxylic acids is 1. The normalized spacial score (nSPS) is 21.1. The minimum Gasteiger partial charge on any atom is -0.493 e. The summed E-state index contributed by atoms with van der Waals surface area (Å²) in [4.78, 5) is 30.7. The molecule has 0 radical (unpaired) electrons. The van der Waals surface area contributed by atoms with Crippen LogP contribution in [-0.2, 0) is 22.4 Å². The van der Waals surface area contributed by atoms with E-state index in [2.05, 4.69) is 17.9 Å². The maximum atomic E-state index is 13.7. The number of unbranched alkanes of at least 4 members (excludes halogenated alkanes) is 2. The monoisotopic (exact) mass is 565 g/mol. The quantitative estimate of drug-likeness (QED) is 0.333. The van der Waals surface area contributed by atoms with Crippen LogP contribution < -0.4 is 19.9 Å². The van der Waals surface area contributed by atoms with Crippen LogP contribution in [0.25, 0.3) is 0 Å². The number of hydrogen-bond donors (Lipinski definition) is 2. The second kappa shape index (κ2) is 13.6. The molecule has 5 rings (SSSR count). The SMILES string of the molecule is CCCCN(CCCCN)C(=O)CN1CC(c2ccc3c(c2)CCO3)C(C(=O)O)C1CCc1cccc2c1OCO2. The number of likely N-dealkylation sites (tertiary alicyclic amines) is 1. The number of rotatable bonds is 14. The van der Waals surface area contributed by atoms with Crippen LogP contribution in [0.3, 0.4) is 0 Å². The summed E-state index contributed by atoms with van der Waals surface area (Å²) in [5, 5.41) is 10.6. The fourth-order valence-corrected chi connectivity index (χ4v) is 6.55. The Labute approximate surface area is 242 Å². The average Bonchev–Trinajstić information content (AvgIpc) is 3.72. The summed E-state index contributed by atoms with van der Waals surface area (Å²) in [7, 11) is 0. The molecule has 2 aromatic carbocycles. The van der Waals surface area contributed by atoms with Crippen molar-refractivity contribution in [1.29, 1.82) is 0 Å². The van der Waals surface area contributed by atoms with Crippen molar-refractivity contribution in [3.05, 3.63) is 53.1 Å². The molecular formula is C32H43N3O6. The maximum absolute atomic E-state index is 13.7. The summed E-state index contributed by atoms with van der Waals surface area (Å²) in [6.45, 7) is 5.69. The third kappa shape index (κ3) is 6.62. The predicted octanol–water partition coefficient (Wildman–Crippen LogP) is 3.82. The highest BCUT2D eigenvalue weighted by Crippen LogP contribution is 2.42. The van der Waals surface area contributed by atoms with Gasteiger partial charge in [0.2, 0.25) is 12.7 Å². The summed E-state index contributed by atoms with van der Waals surface area (Å²) in [6.07, 6.45) is 5.75. The van der Waals surface area contributed by atoms with Gasteiger partial charge in [-0.2, -0.15) is 0 Å². The molecule has 3 aliphatic heterocycles. The van der Waals surface area contributed by atoms with Crippen LogP contribution in [0.2, 0.25) is 0 Å². The third-order valence-electron chi connectivity index (χ3n) is 8.72. The zero-order valence-electron chi connectivity index (χ0n) is 24.1. The Hall–Kier alpha value is -3.30. The lowest BCUT2D eigenvalue weighted by atomic mass is 9.83. The first-order valence-electron chi connectivity index (χ1n) is 15.1. The molecule has 3 unspecified atom stereocenters. The molecule has 222 valence electrons. The molecular weight excluding hydrogens is 522 g/mol. The summed E-state index contributed by atoms with van der Waals surface area (Å²) in [5.41, 5.74) is 8.84. The number of carbonyl (C=O) groups excluding carboxylic acids is 1. The summed E-state index contributed by atoms with van der Waals surface area (Å²) in [6, 6.07) is 11.6. The Morgan fingerprint density at radius 1 is 1.07 bits per heavy atom. The molecule has 3 heterocycles. The number of carbonyl (C=O) groups is 2. The molecule has 9 nitrogen and oxygen atoms in total. The molecule has 2 aromatic rings. The van der Waals surface area contributed by atoms with Crippen molar-refractivity contribution in [2.24, 2.45) is 11.7 Å². The molecule has 0 aromatic heterocycles. The van der Waals surface area contributed by atoms with E-state index in [1.807, 2.05) is 35.2 Å². The van der Waals surface area contributed by atoms with Gasteiger partial charge in [-0.15, -0.1) is 0 Å². The Morgan fingerprint density at radius 2 is 1.93 bits per heavy atom. The lowest BCUT2D eigenvalue weighted by Crippen LogP contribution is -2.45. The Balaban J connectivity index is 1.40. The number of carboxylic acid groups (broad SMARTS) is 1. The summed E-state index contributed by atoms with van der Waals surface area (Å²) >= 11 is 0. The molecule has 0 bridgehead atoms. The zero-order chi connectivity index (χ0) is 28.8. The largest absolute Gasteiger partial charge is 0.493 e. The van der Waals surface area contributed by atoms with Crippen LogP contribution in [0, 0.1) is 5.92 Å². The highest BCUT2D eigenvalue weighted by molar-refractivity contribution is 5.79. The first-order valence-corrected chi connectivity index (χ1v) is 15.1. The van der Waals surface area contributed by atoms with E-state index in [4.69, 9.17) is 19.9 Å². The molecule has 3 atom stereocenters. The van der Waals surface area contributed by atoms with Crippen molar-refractivity contribution in [2.45, 2.75) is 63.8 Å². The van der Waals surface area contributed by atoms with E-state index in [1.165, 1.54) is 0 Å². The van der Waals surface area contributed by atoms with E-state index in [-0.39, 0.29) is 31.2 Å². The minimum absolute atomic E-state index is 0.0601. The number of ether oxygens (including phenoxy) is 3. The molecule has 0 aliphatic carbocycles. The van der Waals surface area contributed by atoms with Gasteiger partial charge in [0.1, 0.15) is 5.75 Å². The van der Waals surface area contributed by atoms with Crippen molar-refractivity contribution < 1.29 is 28.9 Å². The highest BCUT2D eigenvalue weighted by Gasteiger charge is 2.47. The van der Waals surface area contributed by atoms with Crippen LogP contribution in [-0.4, -0.2) is 78.9 Å². The molecule has 3 aliphatic rings. The first-order chi connectivity index (χ1) is 20.0. The van der Waals surface area contributed by atoms with E-state index >= 15 is 0 Å². The second-order valence-electron chi connectivity index (χ2n) is 11.4. The number of nitrogens with two attached hydrogens (primary N) is 1. The molecule has 1 fully saturated rings. The first kappa shape index (κ1) is 29.2. The van der Waals surface area contributed by atoms with E-state index in [1.54, 1.807) is 0 Å². The maximum Gasteiger partial charge on any atom is 0.308 e. The van der Waals surface area contributed by atoms with Crippen molar-refractivity contribution in [1.82, 2.24) is 9.80 Å². The Bertz CT molecular complexity index is 1220. The molecule has 1 saturated heterocycles. The fourth-order valence-electron chi connectivity index (χ4n) is 6.55. The third-order valence-corrected chi connectivity index (χ3v) is 8.72. The number of benzene rings is 2. The number of amides is 1. The van der Waals surface area contributed by atoms with Crippen molar-refractivity contribution >= 4 is 11.9 Å². The number of nitrogens with zero attached hydrogens (tertiary/aromatic N) is 2. The van der Waals surface area contributed by atoms with Gasteiger partial charge in [-0.1, -0.05) is 37.6 Å². The Kier molecular flexibility index (Phi) is 9.67. The van der Waals surface area contributed by atoms with Gasteiger partial charge in [0.05, 0.1) is 19.1 Å². The predicted molar refractivity (Wildman–Crippen MR) is 156 cm³/mol. The fraction of sp³-hybridized carbons (Fsp3) is 0.562. The molecule has 1 amide bonds. The molecule has 3 N–H and O–H groups in total. The second-order valence-corrected chi connectivity index (χ2v) is 11.4.